The van der Waals surface area contributed by atoms with Gasteiger partial charge in [0, 0.05) is 0 Å². The lowest BCUT2D eigenvalue weighted by molar-refractivity contribution is 0.975. The first-order valence-electron chi connectivity index (χ1n) is 5.44. The summed E-state index contributed by atoms with van der Waals surface area (Å²) < 4.78 is 0.903. The number of rotatable bonds is 2. The minimum absolute atomic E-state index is 0.893. The van der Waals surface area contributed by atoms with Crippen molar-refractivity contribution >= 4 is 34.1 Å². The lowest BCUT2D eigenvalue weighted by Crippen LogP contribution is -1.92. The SMILES string of the molecule is Cc1nnc(Sc2nc3ccccc3nc2C)s1. The van der Waals surface area contributed by atoms with Crippen LogP contribution in [0.15, 0.2) is 33.6 Å². The lowest BCUT2D eigenvalue weighted by Gasteiger charge is -2.03. The second-order valence-corrected chi connectivity index (χ2v) is 6.21. The Morgan fingerprint density at radius 3 is 2.39 bits per heavy atom. The van der Waals surface area contributed by atoms with Crippen molar-refractivity contribution in [3.63, 3.8) is 0 Å². The fourth-order valence-electron chi connectivity index (χ4n) is 1.57. The Hall–Kier alpha value is -1.53. The van der Waals surface area contributed by atoms with Crippen LogP contribution in [-0.4, -0.2) is 20.2 Å². The maximum absolute atomic E-state index is 4.62. The van der Waals surface area contributed by atoms with Crippen molar-refractivity contribution in [2.24, 2.45) is 0 Å². The molecule has 0 aliphatic rings. The third kappa shape index (κ3) is 2.21. The molecule has 0 bridgehead atoms. The minimum Gasteiger partial charge on any atom is -0.249 e. The summed E-state index contributed by atoms with van der Waals surface area (Å²) in [5.74, 6) is 0. The van der Waals surface area contributed by atoms with E-state index in [0.717, 1.165) is 31.1 Å². The fourth-order valence-corrected chi connectivity index (χ4v) is 3.34. The van der Waals surface area contributed by atoms with Crippen molar-refractivity contribution in [1.29, 1.82) is 0 Å². The Morgan fingerprint density at radius 1 is 1.00 bits per heavy atom. The van der Waals surface area contributed by atoms with Crippen molar-refractivity contribution in [1.82, 2.24) is 20.2 Å². The van der Waals surface area contributed by atoms with Crippen LogP contribution in [0.2, 0.25) is 0 Å². The Labute approximate surface area is 113 Å². The molecule has 2 aromatic heterocycles. The highest BCUT2D eigenvalue weighted by molar-refractivity contribution is 8.01. The van der Waals surface area contributed by atoms with Gasteiger partial charge in [0.25, 0.3) is 0 Å². The molecule has 6 heteroatoms. The smallest absolute Gasteiger partial charge is 0.180 e. The minimum atomic E-state index is 0.893. The lowest BCUT2D eigenvalue weighted by atomic mass is 10.3. The van der Waals surface area contributed by atoms with E-state index in [9.17, 15) is 0 Å². The van der Waals surface area contributed by atoms with Gasteiger partial charge in [-0.3, -0.25) is 0 Å². The molecule has 0 fully saturated rings. The van der Waals surface area contributed by atoms with Crippen LogP contribution in [0.4, 0.5) is 0 Å². The number of para-hydroxylation sites is 2. The Balaban J connectivity index is 2.03. The molecule has 0 aliphatic heterocycles. The molecule has 0 atom stereocenters. The molecular weight excluding hydrogens is 264 g/mol. The molecule has 0 N–H and O–H groups in total. The van der Waals surface area contributed by atoms with Gasteiger partial charge in [-0.05, 0) is 37.7 Å². The van der Waals surface area contributed by atoms with Crippen molar-refractivity contribution in [2.45, 2.75) is 23.2 Å². The van der Waals surface area contributed by atoms with Crippen molar-refractivity contribution in [2.75, 3.05) is 0 Å². The predicted octanol–water partition coefficient (Wildman–Crippen LogP) is 3.25. The van der Waals surface area contributed by atoms with E-state index in [1.807, 2.05) is 38.1 Å². The summed E-state index contributed by atoms with van der Waals surface area (Å²) >= 11 is 3.09. The van der Waals surface area contributed by atoms with Crippen LogP contribution in [0.3, 0.4) is 0 Å². The van der Waals surface area contributed by atoms with Crippen LogP contribution in [-0.2, 0) is 0 Å². The molecule has 90 valence electrons. The van der Waals surface area contributed by atoms with Gasteiger partial charge in [0.05, 0.1) is 16.7 Å². The first-order valence-corrected chi connectivity index (χ1v) is 7.07. The van der Waals surface area contributed by atoms with Crippen LogP contribution in [0.25, 0.3) is 11.0 Å². The Morgan fingerprint density at radius 2 is 1.72 bits per heavy atom. The first kappa shape index (κ1) is 11.6. The van der Waals surface area contributed by atoms with Gasteiger partial charge in [0.15, 0.2) is 4.34 Å². The van der Waals surface area contributed by atoms with Gasteiger partial charge < -0.3 is 0 Å². The normalized spacial score (nSPS) is 11.0. The molecular formula is C12H10N4S2. The van der Waals surface area contributed by atoms with E-state index < -0.39 is 0 Å². The molecule has 0 saturated carbocycles. The van der Waals surface area contributed by atoms with E-state index in [4.69, 9.17) is 0 Å². The standard InChI is InChI=1S/C12H10N4S2/c1-7-11(18-12-16-15-8(2)17-12)14-10-6-4-3-5-9(10)13-7/h3-6H,1-2H3. The summed E-state index contributed by atoms with van der Waals surface area (Å²) in [7, 11) is 0. The van der Waals surface area contributed by atoms with Crippen LogP contribution in [0.1, 0.15) is 10.7 Å². The van der Waals surface area contributed by atoms with Gasteiger partial charge in [0.1, 0.15) is 10.0 Å². The number of benzene rings is 1. The zero-order valence-electron chi connectivity index (χ0n) is 9.91. The second kappa shape index (κ2) is 4.62. The highest BCUT2D eigenvalue weighted by atomic mass is 32.2. The summed E-state index contributed by atoms with van der Waals surface area (Å²) in [6, 6.07) is 7.88. The van der Waals surface area contributed by atoms with E-state index in [0.29, 0.717) is 0 Å². The zero-order valence-corrected chi connectivity index (χ0v) is 11.5. The largest absolute Gasteiger partial charge is 0.249 e. The van der Waals surface area contributed by atoms with E-state index in [-0.39, 0.29) is 0 Å². The number of hydrogen-bond donors (Lipinski definition) is 0. The Kier molecular flexibility index (Phi) is 2.97. The first-order chi connectivity index (χ1) is 8.72. The fraction of sp³-hybridized carbons (Fsp3) is 0.167. The van der Waals surface area contributed by atoms with Gasteiger partial charge in [-0.15, -0.1) is 10.2 Å². The molecule has 18 heavy (non-hydrogen) atoms. The van der Waals surface area contributed by atoms with Crippen molar-refractivity contribution < 1.29 is 0 Å². The molecule has 0 amide bonds. The number of fused-ring (bicyclic) bond motifs is 1. The molecule has 3 rings (SSSR count). The number of hydrogen-bond acceptors (Lipinski definition) is 6. The highest BCUT2D eigenvalue weighted by Gasteiger charge is 2.09. The zero-order chi connectivity index (χ0) is 12.5. The molecule has 3 aromatic rings. The van der Waals surface area contributed by atoms with Crippen molar-refractivity contribution in [3.05, 3.63) is 35.0 Å². The van der Waals surface area contributed by atoms with Crippen molar-refractivity contribution in [3.8, 4) is 0 Å². The summed E-state index contributed by atoms with van der Waals surface area (Å²) in [5, 5.41) is 9.96. The van der Waals surface area contributed by atoms with Gasteiger partial charge in [-0.2, -0.15) is 0 Å². The Bertz CT molecular complexity index is 708. The average molecular weight is 274 g/mol. The summed E-state index contributed by atoms with van der Waals surface area (Å²) in [5.41, 5.74) is 2.76. The quantitative estimate of drug-likeness (QED) is 0.718. The summed E-state index contributed by atoms with van der Waals surface area (Å²) in [6.45, 7) is 3.91. The maximum atomic E-state index is 4.62. The average Bonchev–Trinajstić information content (AvgIpc) is 2.76. The molecule has 0 unspecified atom stereocenters. The third-order valence-corrected chi connectivity index (χ3v) is 4.36. The number of nitrogens with zero attached hydrogens (tertiary/aromatic N) is 4. The van der Waals surface area contributed by atoms with E-state index >= 15 is 0 Å². The predicted molar refractivity (Wildman–Crippen MR) is 73.0 cm³/mol. The van der Waals surface area contributed by atoms with Gasteiger partial charge in [0.2, 0.25) is 0 Å². The van der Waals surface area contributed by atoms with Crippen LogP contribution >= 0.6 is 23.1 Å². The van der Waals surface area contributed by atoms with Crippen LogP contribution < -0.4 is 0 Å². The molecule has 4 nitrogen and oxygen atoms in total. The second-order valence-electron chi connectivity index (χ2n) is 3.79. The molecule has 1 aromatic carbocycles. The molecule has 0 aliphatic carbocycles. The van der Waals surface area contributed by atoms with E-state index in [1.54, 1.807) is 11.3 Å². The monoisotopic (exact) mass is 274 g/mol. The maximum Gasteiger partial charge on any atom is 0.180 e. The molecule has 0 spiro atoms. The molecule has 2 heterocycles. The van der Waals surface area contributed by atoms with E-state index in [2.05, 4.69) is 20.2 Å². The number of aromatic nitrogens is 4. The summed E-state index contributed by atoms with van der Waals surface area (Å²) in [6.07, 6.45) is 0. The number of aryl methyl sites for hydroxylation is 2. The molecule has 0 saturated heterocycles. The topological polar surface area (TPSA) is 51.6 Å². The van der Waals surface area contributed by atoms with E-state index in [1.165, 1.54) is 11.8 Å². The molecule has 0 radical (unpaired) electrons. The van der Waals surface area contributed by atoms with Gasteiger partial charge in [-0.1, -0.05) is 23.5 Å². The van der Waals surface area contributed by atoms with Gasteiger partial charge in [-0.25, -0.2) is 9.97 Å². The summed E-state index contributed by atoms with van der Waals surface area (Å²) in [4.78, 5) is 9.17. The highest BCUT2D eigenvalue weighted by Crippen LogP contribution is 2.31. The van der Waals surface area contributed by atoms with Crippen LogP contribution in [0.5, 0.6) is 0 Å². The third-order valence-electron chi connectivity index (χ3n) is 2.39. The van der Waals surface area contributed by atoms with Gasteiger partial charge >= 0.3 is 0 Å². The van der Waals surface area contributed by atoms with Crippen LogP contribution in [0, 0.1) is 13.8 Å².